The number of benzene rings is 1. The quantitative estimate of drug-likeness (QED) is 0.551. The fraction of sp³-hybridized carbons (Fsp3) is 0. The van der Waals surface area contributed by atoms with Crippen LogP contribution in [0.25, 0.3) is 0 Å². The summed E-state index contributed by atoms with van der Waals surface area (Å²) >= 11 is -2.17. The van der Waals surface area contributed by atoms with E-state index in [9.17, 15) is 8.60 Å². The summed E-state index contributed by atoms with van der Waals surface area (Å²) in [7, 11) is 0. The molecule has 0 aliphatic carbocycles. The largest absolute Gasteiger partial charge is 0.302 e. The number of nitrogens with zero attached hydrogens (tertiary/aromatic N) is 1. The molecule has 1 unspecified atom stereocenters. The van der Waals surface area contributed by atoms with Crippen LogP contribution in [0, 0.1) is 17.1 Å². The molecule has 1 aromatic carbocycles. The van der Waals surface area contributed by atoms with E-state index in [1.165, 1.54) is 0 Å². The maximum absolute atomic E-state index is 12.6. The van der Waals surface area contributed by atoms with Crippen LogP contribution in [0.4, 0.5) is 4.39 Å². The monoisotopic (exact) mass is 208 g/mol. The fourth-order valence-corrected chi connectivity index (χ4v) is 1.10. The van der Waals surface area contributed by atoms with Crippen molar-refractivity contribution < 1.29 is 13.2 Å². The Hall–Kier alpha value is -0.250. The second kappa shape index (κ2) is 5.47. The molecule has 0 spiro atoms. The summed E-state index contributed by atoms with van der Waals surface area (Å²) in [4.78, 5) is 0.0213. The molecule has 6 heteroatoms. The predicted octanol–water partition coefficient (Wildman–Crippen LogP) is 0.897. The van der Waals surface area contributed by atoms with Gasteiger partial charge in [0.2, 0.25) is 0 Å². The summed E-state index contributed by atoms with van der Waals surface area (Å²) < 4.78 is 31.7. The van der Waals surface area contributed by atoms with Gasteiger partial charge in [0.25, 0.3) is 0 Å². The van der Waals surface area contributed by atoms with E-state index in [1.807, 2.05) is 0 Å². The third-order valence-electron chi connectivity index (χ3n) is 1.26. The van der Waals surface area contributed by atoms with Crippen molar-refractivity contribution in [3.8, 4) is 6.07 Å². The van der Waals surface area contributed by atoms with Gasteiger partial charge in [-0.1, -0.05) is 0 Å². The summed E-state index contributed by atoms with van der Waals surface area (Å²) in [6.45, 7) is 0. The van der Waals surface area contributed by atoms with E-state index in [1.54, 1.807) is 6.07 Å². The Bertz CT molecular complexity index is 377. The minimum absolute atomic E-state index is 0. The molecule has 0 saturated carbocycles. The smallest absolute Gasteiger partial charge is 0.186 e. The van der Waals surface area contributed by atoms with Gasteiger partial charge >= 0.3 is 0 Å². The molecule has 0 amide bonds. The Morgan fingerprint density at radius 2 is 2.15 bits per heavy atom. The fourth-order valence-electron chi connectivity index (χ4n) is 0.699. The van der Waals surface area contributed by atoms with Crippen molar-refractivity contribution in [2.45, 2.75) is 4.90 Å². The van der Waals surface area contributed by atoms with Crippen molar-refractivity contribution in [2.24, 2.45) is 0 Å². The van der Waals surface area contributed by atoms with Gasteiger partial charge in [-0.15, -0.1) is 0 Å². The van der Waals surface area contributed by atoms with E-state index in [0.29, 0.717) is 0 Å². The molecule has 0 aliphatic heterocycles. The van der Waals surface area contributed by atoms with Gasteiger partial charge in [0.05, 0.1) is 10.5 Å². The van der Waals surface area contributed by atoms with Crippen molar-refractivity contribution >= 4 is 40.6 Å². The maximum Gasteiger partial charge on any atom is 0.186 e. The van der Waals surface area contributed by atoms with E-state index in [-0.39, 0.29) is 40.0 Å². The van der Waals surface area contributed by atoms with Crippen LogP contribution in [0.5, 0.6) is 0 Å². The topological polar surface area (TPSA) is 61.1 Å². The van der Waals surface area contributed by atoms with Gasteiger partial charge in [-0.25, -0.2) is 8.60 Å². The van der Waals surface area contributed by atoms with Gasteiger partial charge in [0.1, 0.15) is 11.9 Å². The van der Waals surface area contributed by atoms with Crippen LogP contribution in [0.2, 0.25) is 0 Å². The van der Waals surface area contributed by atoms with E-state index in [4.69, 9.17) is 9.81 Å². The van der Waals surface area contributed by atoms with Crippen LogP contribution in [0.1, 0.15) is 5.56 Å². The number of rotatable bonds is 1. The first-order valence-corrected chi connectivity index (χ1v) is 4.06. The maximum atomic E-state index is 12.6. The number of hydrogen-bond acceptors (Lipinski definition) is 2. The summed E-state index contributed by atoms with van der Waals surface area (Å²) in [6.07, 6.45) is 0. The molecule has 0 aromatic heterocycles. The summed E-state index contributed by atoms with van der Waals surface area (Å²) in [6, 6.07) is 4.76. The van der Waals surface area contributed by atoms with Crippen LogP contribution in [-0.4, -0.2) is 38.3 Å². The molecule has 0 heterocycles. The molecule has 0 saturated heterocycles. The summed E-state index contributed by atoms with van der Waals surface area (Å²) in [5.74, 6) is -0.688. The molecular formula is C7H4FNNaO2S. The first-order valence-electron chi connectivity index (χ1n) is 2.95. The van der Waals surface area contributed by atoms with Crippen molar-refractivity contribution in [3.63, 3.8) is 0 Å². The van der Waals surface area contributed by atoms with Crippen molar-refractivity contribution in [3.05, 3.63) is 29.6 Å². The van der Waals surface area contributed by atoms with Crippen molar-refractivity contribution in [1.29, 1.82) is 5.26 Å². The molecule has 13 heavy (non-hydrogen) atoms. The van der Waals surface area contributed by atoms with Gasteiger partial charge in [-0.2, -0.15) is 5.26 Å². The number of nitriles is 1. The Labute approximate surface area is 99.1 Å². The van der Waals surface area contributed by atoms with E-state index in [2.05, 4.69) is 0 Å². The van der Waals surface area contributed by atoms with Gasteiger partial charge in [-0.05, 0) is 18.2 Å². The Morgan fingerprint density at radius 1 is 1.54 bits per heavy atom. The molecule has 0 bridgehead atoms. The average Bonchev–Trinajstić information content (AvgIpc) is 2.05. The van der Waals surface area contributed by atoms with Crippen LogP contribution in [0.15, 0.2) is 23.1 Å². The average molecular weight is 208 g/mol. The molecule has 0 aliphatic rings. The standard InChI is InChI=1S/C7H4FNO2S.Na/c8-7-2-1-6(12(10)11)3-5(7)4-9;/h1-3H,(H,10,11);. The summed E-state index contributed by atoms with van der Waals surface area (Å²) in [5.41, 5.74) is -0.227. The normalized spacial score (nSPS) is 11.2. The predicted molar refractivity (Wildman–Crippen MR) is 45.9 cm³/mol. The van der Waals surface area contributed by atoms with Crippen molar-refractivity contribution in [2.75, 3.05) is 0 Å². The van der Waals surface area contributed by atoms with Gasteiger partial charge in [0.15, 0.2) is 11.1 Å². The third-order valence-corrected chi connectivity index (χ3v) is 1.92. The summed E-state index contributed by atoms with van der Waals surface area (Å²) in [5, 5.41) is 8.35. The van der Waals surface area contributed by atoms with E-state index >= 15 is 0 Å². The van der Waals surface area contributed by atoms with Crippen molar-refractivity contribution in [1.82, 2.24) is 0 Å². The second-order valence-corrected chi connectivity index (χ2v) is 2.97. The van der Waals surface area contributed by atoms with Crippen LogP contribution in [0.3, 0.4) is 0 Å². The number of hydrogen-bond donors (Lipinski definition) is 1. The molecule has 3 nitrogen and oxygen atoms in total. The first kappa shape index (κ1) is 12.8. The molecule has 0 fully saturated rings. The minimum Gasteiger partial charge on any atom is -0.302 e. The minimum atomic E-state index is -2.17. The van der Waals surface area contributed by atoms with E-state index < -0.39 is 16.9 Å². The molecule has 1 radical (unpaired) electrons. The number of halogens is 1. The van der Waals surface area contributed by atoms with Gasteiger partial charge in [-0.3, -0.25) is 0 Å². The zero-order chi connectivity index (χ0) is 9.14. The van der Waals surface area contributed by atoms with Crippen LogP contribution >= 0.6 is 0 Å². The molecule has 63 valence electrons. The molecule has 1 atom stereocenters. The third kappa shape index (κ3) is 3.18. The zero-order valence-corrected chi connectivity index (χ0v) is 9.64. The zero-order valence-electron chi connectivity index (χ0n) is 6.82. The van der Waals surface area contributed by atoms with Gasteiger partial charge < -0.3 is 4.55 Å². The first-order chi connectivity index (χ1) is 5.65. The molecule has 1 N–H and O–H groups in total. The molecule has 1 aromatic rings. The van der Waals surface area contributed by atoms with Crippen LogP contribution < -0.4 is 0 Å². The molecular weight excluding hydrogens is 204 g/mol. The Morgan fingerprint density at radius 3 is 2.62 bits per heavy atom. The second-order valence-electron chi connectivity index (χ2n) is 2.00. The Balaban J connectivity index is 0.00000144. The van der Waals surface area contributed by atoms with Crippen LogP contribution in [-0.2, 0) is 11.1 Å². The molecule has 1 rings (SSSR count). The SMILES string of the molecule is N#Cc1cc(S(=O)O)ccc1F.[Na]. The van der Waals surface area contributed by atoms with Gasteiger partial charge in [0, 0.05) is 29.6 Å². The Kier molecular flexibility index (Phi) is 5.37. The van der Waals surface area contributed by atoms with E-state index in [0.717, 1.165) is 18.2 Å².